The molecular weight excluding hydrogens is 276 g/mol. The van der Waals surface area contributed by atoms with E-state index in [-0.39, 0.29) is 17.1 Å². The predicted octanol–water partition coefficient (Wildman–Crippen LogP) is 2.09. The number of hydrogen-bond donors (Lipinski definition) is 2. The van der Waals surface area contributed by atoms with Gasteiger partial charge in [0.1, 0.15) is 6.10 Å². The molecule has 3 aliphatic carbocycles. The Hall–Kier alpha value is -1.36. The van der Waals surface area contributed by atoms with Gasteiger partial charge in [0, 0.05) is 17.4 Å². The van der Waals surface area contributed by atoms with E-state index in [1.807, 2.05) is 0 Å². The summed E-state index contributed by atoms with van der Waals surface area (Å²) in [6, 6.07) is 0. The van der Waals surface area contributed by atoms with Gasteiger partial charge in [-0.05, 0) is 45.1 Å². The van der Waals surface area contributed by atoms with Crippen LogP contribution in [0.5, 0.6) is 5.88 Å². The molecule has 4 aliphatic rings. The van der Waals surface area contributed by atoms with Crippen LogP contribution in [0.4, 0.5) is 5.95 Å². The zero-order valence-electron chi connectivity index (χ0n) is 13.0. The number of nitrogens with two attached hydrogens (primary N) is 1. The number of nitrogen functional groups attached to an aromatic ring is 1. The fourth-order valence-corrected chi connectivity index (χ4v) is 4.96. The summed E-state index contributed by atoms with van der Waals surface area (Å²) in [4.78, 5) is 9.14. The first-order valence-corrected chi connectivity index (χ1v) is 8.79. The highest BCUT2D eigenvalue weighted by atomic mass is 16.5. The summed E-state index contributed by atoms with van der Waals surface area (Å²) in [6.07, 6.45) is 11.3. The van der Waals surface area contributed by atoms with Crippen molar-refractivity contribution in [3.8, 4) is 5.88 Å². The summed E-state index contributed by atoms with van der Waals surface area (Å²) in [5.41, 5.74) is 9.02. The number of hydrogen-bond acceptors (Lipinski definition) is 5. The van der Waals surface area contributed by atoms with Crippen molar-refractivity contribution in [3.63, 3.8) is 0 Å². The van der Waals surface area contributed by atoms with E-state index in [9.17, 15) is 0 Å². The summed E-state index contributed by atoms with van der Waals surface area (Å²) in [5, 5.41) is 3.51. The molecule has 1 aliphatic heterocycles. The third-order valence-electron chi connectivity index (χ3n) is 6.44. The van der Waals surface area contributed by atoms with E-state index >= 15 is 0 Å². The smallest absolute Gasteiger partial charge is 0.223 e. The van der Waals surface area contributed by atoms with Crippen molar-refractivity contribution in [3.05, 3.63) is 11.3 Å². The molecule has 1 unspecified atom stereocenters. The van der Waals surface area contributed by atoms with E-state index in [1.165, 1.54) is 56.2 Å². The Kier molecular flexibility index (Phi) is 2.59. The lowest BCUT2D eigenvalue weighted by molar-refractivity contribution is 0.203. The molecule has 1 aromatic rings. The maximum Gasteiger partial charge on any atom is 0.223 e. The number of nitrogens with one attached hydrogen (secondary N) is 1. The summed E-state index contributed by atoms with van der Waals surface area (Å²) in [5.74, 6) is 1.17. The molecule has 1 aromatic heterocycles. The Bertz CT molecular complexity index is 619. The topological polar surface area (TPSA) is 73.1 Å². The lowest BCUT2D eigenvalue weighted by Crippen LogP contribution is -2.49. The number of aromatic nitrogens is 2. The molecule has 22 heavy (non-hydrogen) atoms. The highest BCUT2D eigenvalue weighted by Crippen LogP contribution is 2.51. The Morgan fingerprint density at radius 3 is 2.55 bits per heavy atom. The number of anilines is 1. The minimum atomic E-state index is 0.256. The van der Waals surface area contributed by atoms with Gasteiger partial charge in [0.25, 0.3) is 0 Å². The first-order valence-electron chi connectivity index (χ1n) is 8.79. The molecule has 2 atom stereocenters. The monoisotopic (exact) mass is 300 g/mol. The molecule has 118 valence electrons. The van der Waals surface area contributed by atoms with E-state index in [1.54, 1.807) is 0 Å². The van der Waals surface area contributed by atoms with E-state index in [0.29, 0.717) is 5.95 Å². The molecule has 0 radical (unpaired) electrons. The van der Waals surface area contributed by atoms with E-state index in [0.717, 1.165) is 25.3 Å². The fourth-order valence-electron chi connectivity index (χ4n) is 4.96. The maximum atomic E-state index is 6.27. The molecule has 0 amide bonds. The van der Waals surface area contributed by atoms with Gasteiger partial charge in [0.15, 0.2) is 0 Å². The van der Waals surface area contributed by atoms with Crippen LogP contribution in [0.2, 0.25) is 0 Å². The lowest BCUT2D eigenvalue weighted by atomic mass is 9.72. The fraction of sp³-hybridized carbons (Fsp3) is 0.765. The first-order chi connectivity index (χ1) is 10.7. The predicted molar refractivity (Wildman–Crippen MR) is 83.9 cm³/mol. The normalized spacial score (nSPS) is 34.5. The van der Waals surface area contributed by atoms with Gasteiger partial charge < -0.3 is 15.8 Å². The minimum absolute atomic E-state index is 0.256. The molecule has 2 saturated carbocycles. The van der Waals surface area contributed by atoms with Gasteiger partial charge in [0.2, 0.25) is 11.8 Å². The van der Waals surface area contributed by atoms with Crippen LogP contribution in [0.25, 0.3) is 0 Å². The second-order valence-electron chi connectivity index (χ2n) is 7.70. The second-order valence-corrected chi connectivity index (χ2v) is 7.70. The van der Waals surface area contributed by atoms with Gasteiger partial charge >= 0.3 is 0 Å². The van der Waals surface area contributed by atoms with Gasteiger partial charge in [-0.15, -0.1) is 0 Å². The largest absolute Gasteiger partial charge is 0.472 e. The molecule has 1 saturated heterocycles. The molecule has 2 spiro atoms. The number of nitrogens with zero attached hydrogens (tertiary/aromatic N) is 2. The molecule has 0 bridgehead atoms. The Morgan fingerprint density at radius 2 is 1.86 bits per heavy atom. The zero-order valence-corrected chi connectivity index (χ0v) is 13.0. The SMILES string of the molecule is Nc1nc(OC2C[C@]23CCN3)c2c(n1)C1(CCCC1)CCC2. The molecular formula is C17H24N4O. The molecule has 5 rings (SSSR count). The van der Waals surface area contributed by atoms with Crippen molar-refractivity contribution in [2.75, 3.05) is 12.3 Å². The van der Waals surface area contributed by atoms with Crippen LogP contribution < -0.4 is 15.8 Å². The molecule has 5 nitrogen and oxygen atoms in total. The number of ether oxygens (including phenoxy) is 1. The third kappa shape index (κ3) is 1.75. The Morgan fingerprint density at radius 1 is 1.09 bits per heavy atom. The van der Waals surface area contributed by atoms with Gasteiger partial charge in [-0.3, -0.25) is 0 Å². The van der Waals surface area contributed by atoms with Crippen LogP contribution in [-0.4, -0.2) is 28.2 Å². The van der Waals surface area contributed by atoms with Crippen LogP contribution >= 0.6 is 0 Å². The standard InChI is InChI=1S/C17H24N4O/c18-15-20-13-11(4-3-7-16(13)5-1-2-6-16)14(21-15)22-12-10-17(12)8-9-19-17/h12,19H,1-10H2,(H2,18,20,21)/t12?,17-/m1/s1. The second kappa shape index (κ2) is 4.34. The van der Waals surface area contributed by atoms with Crippen molar-refractivity contribution in [2.45, 2.75) is 74.8 Å². The summed E-state index contributed by atoms with van der Waals surface area (Å²) < 4.78 is 6.27. The summed E-state index contributed by atoms with van der Waals surface area (Å²) in [7, 11) is 0. The Balaban J connectivity index is 1.51. The molecule has 0 aromatic carbocycles. The average molecular weight is 300 g/mol. The molecule has 2 heterocycles. The van der Waals surface area contributed by atoms with Crippen molar-refractivity contribution in [1.29, 1.82) is 0 Å². The lowest BCUT2D eigenvalue weighted by Gasteiger charge is -2.35. The van der Waals surface area contributed by atoms with Crippen molar-refractivity contribution < 1.29 is 4.74 Å². The van der Waals surface area contributed by atoms with Crippen LogP contribution in [0.3, 0.4) is 0 Å². The summed E-state index contributed by atoms with van der Waals surface area (Å²) >= 11 is 0. The van der Waals surface area contributed by atoms with Crippen LogP contribution in [0, 0.1) is 0 Å². The van der Waals surface area contributed by atoms with Crippen LogP contribution in [0.1, 0.15) is 62.6 Å². The Labute approximate surface area is 131 Å². The van der Waals surface area contributed by atoms with Gasteiger partial charge in [-0.2, -0.15) is 4.98 Å². The van der Waals surface area contributed by atoms with E-state index in [4.69, 9.17) is 10.5 Å². The van der Waals surface area contributed by atoms with Crippen molar-refractivity contribution in [2.24, 2.45) is 0 Å². The minimum Gasteiger partial charge on any atom is -0.472 e. The first kappa shape index (κ1) is 13.1. The van der Waals surface area contributed by atoms with Crippen LogP contribution in [0.15, 0.2) is 0 Å². The third-order valence-corrected chi connectivity index (χ3v) is 6.44. The maximum absolute atomic E-state index is 6.27. The van der Waals surface area contributed by atoms with Crippen molar-refractivity contribution in [1.82, 2.24) is 15.3 Å². The van der Waals surface area contributed by atoms with Crippen molar-refractivity contribution >= 4 is 5.95 Å². The number of rotatable bonds is 2. The molecule has 5 heteroatoms. The molecule has 3 fully saturated rings. The summed E-state index contributed by atoms with van der Waals surface area (Å²) in [6.45, 7) is 1.12. The number of fused-ring (bicyclic) bond motifs is 2. The van der Waals surface area contributed by atoms with Crippen LogP contribution in [-0.2, 0) is 11.8 Å². The highest BCUT2D eigenvalue weighted by molar-refractivity contribution is 5.43. The van der Waals surface area contributed by atoms with Gasteiger partial charge in [0.05, 0.1) is 11.2 Å². The van der Waals surface area contributed by atoms with E-state index < -0.39 is 0 Å². The molecule has 3 N–H and O–H groups in total. The van der Waals surface area contributed by atoms with Gasteiger partial charge in [-0.25, -0.2) is 4.98 Å². The van der Waals surface area contributed by atoms with Gasteiger partial charge in [-0.1, -0.05) is 12.8 Å². The van der Waals surface area contributed by atoms with E-state index in [2.05, 4.69) is 15.3 Å². The highest BCUT2D eigenvalue weighted by Gasteiger charge is 2.60. The quantitative estimate of drug-likeness (QED) is 0.875. The zero-order chi connectivity index (χ0) is 14.8. The average Bonchev–Trinajstić information content (AvgIpc) is 3.02.